The van der Waals surface area contributed by atoms with Gasteiger partial charge in [0, 0.05) is 46.6 Å². The Labute approximate surface area is 257 Å². The Balaban J connectivity index is 1.85. The van der Waals surface area contributed by atoms with Crippen molar-refractivity contribution in [1.82, 2.24) is 14.5 Å². The Bertz CT molecular complexity index is 1850. The number of aryl methyl sites for hydroxylation is 2. The molecule has 230 valence electrons. The summed E-state index contributed by atoms with van der Waals surface area (Å²) in [7, 11) is 1.90. The highest BCUT2D eigenvalue weighted by molar-refractivity contribution is 6.01. The minimum Gasteiger partial charge on any atom is -0.490 e. The number of pyridine rings is 2. The summed E-state index contributed by atoms with van der Waals surface area (Å²) in [6, 6.07) is 7.17. The summed E-state index contributed by atoms with van der Waals surface area (Å²) in [6.07, 6.45) is 1.77. The topological polar surface area (TPSA) is 112 Å². The van der Waals surface area contributed by atoms with Crippen molar-refractivity contribution in [2.24, 2.45) is 12.8 Å². The van der Waals surface area contributed by atoms with E-state index in [2.05, 4.69) is 16.8 Å². The first kappa shape index (κ1) is 31.2. The second kappa shape index (κ2) is 11.3. The Morgan fingerprint density at radius 2 is 1.93 bits per heavy atom. The standard InChI is InChI=1S/C35H39FN4O4/c1-19-23-10-9-15-43-30(23)26(36)17-24(19)29-25-18-27(21-12-14-38-22(16-21)11-13-35(6,7)37)40(8)32(25)39-20(2)28(29)31(33(41)42)44-34(3,4)5/h12,14,16-18,31H,9-10,15,37H2,1-8H3,(H,41,42). The van der Waals surface area contributed by atoms with E-state index >= 15 is 4.39 Å². The highest BCUT2D eigenvalue weighted by Crippen LogP contribution is 2.45. The van der Waals surface area contributed by atoms with Crippen molar-refractivity contribution >= 4 is 17.0 Å². The Kier molecular flexibility index (Phi) is 8.04. The molecule has 44 heavy (non-hydrogen) atoms. The van der Waals surface area contributed by atoms with Gasteiger partial charge < -0.3 is 24.9 Å². The maximum Gasteiger partial charge on any atom is 0.337 e. The summed E-state index contributed by atoms with van der Waals surface area (Å²) in [5.41, 5.74) is 11.1. The van der Waals surface area contributed by atoms with Crippen LogP contribution in [0.15, 0.2) is 30.5 Å². The predicted octanol–water partition coefficient (Wildman–Crippen LogP) is 6.41. The molecule has 0 saturated carbocycles. The largest absolute Gasteiger partial charge is 0.490 e. The Morgan fingerprint density at radius 1 is 1.20 bits per heavy atom. The van der Waals surface area contributed by atoms with Crippen LogP contribution in [0.25, 0.3) is 33.4 Å². The van der Waals surface area contributed by atoms with Crippen molar-refractivity contribution in [1.29, 1.82) is 0 Å². The van der Waals surface area contributed by atoms with Crippen LogP contribution >= 0.6 is 0 Å². The van der Waals surface area contributed by atoms with Gasteiger partial charge in [-0.15, -0.1) is 0 Å². The first-order valence-corrected chi connectivity index (χ1v) is 14.7. The molecule has 4 aromatic rings. The minimum absolute atomic E-state index is 0.265. The number of ether oxygens (including phenoxy) is 2. The predicted molar refractivity (Wildman–Crippen MR) is 169 cm³/mol. The van der Waals surface area contributed by atoms with Gasteiger partial charge in [-0.05, 0) is 103 Å². The number of hydrogen-bond acceptors (Lipinski definition) is 6. The summed E-state index contributed by atoms with van der Waals surface area (Å²) in [6.45, 7) is 13.2. The minimum atomic E-state index is -1.34. The SMILES string of the molecule is Cc1nc2c(cc(-c3ccnc(C#CC(C)(C)N)c3)n2C)c(-c2cc(F)c3c(c2C)CCCO3)c1C(OC(C)(C)C)C(=O)O. The lowest BCUT2D eigenvalue weighted by Crippen LogP contribution is -2.29. The molecule has 0 bridgehead atoms. The van der Waals surface area contributed by atoms with Gasteiger partial charge in [-0.3, -0.25) is 0 Å². The molecule has 0 amide bonds. The summed E-state index contributed by atoms with van der Waals surface area (Å²) >= 11 is 0. The molecule has 1 unspecified atom stereocenters. The zero-order valence-electron chi connectivity index (χ0n) is 26.6. The second-order valence-electron chi connectivity index (χ2n) is 13.0. The van der Waals surface area contributed by atoms with E-state index in [1.165, 1.54) is 6.07 Å². The monoisotopic (exact) mass is 598 g/mol. The van der Waals surface area contributed by atoms with Gasteiger partial charge >= 0.3 is 5.97 Å². The number of carboxylic acids is 1. The maximum absolute atomic E-state index is 15.7. The Hall–Kier alpha value is -4.26. The van der Waals surface area contributed by atoms with Gasteiger partial charge in [-0.2, -0.15) is 0 Å². The number of carboxylic acid groups (broad SMARTS) is 1. The lowest BCUT2D eigenvalue weighted by Gasteiger charge is -2.29. The molecule has 3 N–H and O–H groups in total. The quantitative estimate of drug-likeness (QED) is 0.255. The molecule has 1 aliphatic rings. The van der Waals surface area contributed by atoms with Crippen molar-refractivity contribution in [2.75, 3.05) is 6.61 Å². The van der Waals surface area contributed by atoms with Gasteiger partial charge in [-0.25, -0.2) is 19.2 Å². The average molecular weight is 599 g/mol. The molecule has 1 atom stereocenters. The third-order valence-corrected chi connectivity index (χ3v) is 7.64. The van der Waals surface area contributed by atoms with E-state index in [4.69, 9.17) is 20.2 Å². The molecule has 0 radical (unpaired) electrons. The summed E-state index contributed by atoms with van der Waals surface area (Å²) < 4.78 is 29.5. The molecule has 5 rings (SSSR count). The lowest BCUT2D eigenvalue weighted by molar-refractivity contribution is -0.160. The fourth-order valence-electron chi connectivity index (χ4n) is 5.73. The van der Waals surface area contributed by atoms with Crippen molar-refractivity contribution in [2.45, 2.75) is 78.6 Å². The smallest absolute Gasteiger partial charge is 0.337 e. The second-order valence-corrected chi connectivity index (χ2v) is 13.0. The number of rotatable bonds is 5. The molecule has 0 saturated heterocycles. The molecule has 1 aliphatic heterocycles. The molecular weight excluding hydrogens is 559 g/mol. The van der Waals surface area contributed by atoms with E-state index in [1.807, 2.05) is 50.6 Å². The third-order valence-electron chi connectivity index (χ3n) is 7.64. The highest BCUT2D eigenvalue weighted by atomic mass is 19.1. The van der Waals surface area contributed by atoms with Crippen LogP contribution in [-0.4, -0.2) is 43.4 Å². The lowest BCUT2D eigenvalue weighted by atomic mass is 9.86. The first-order chi connectivity index (χ1) is 20.6. The van der Waals surface area contributed by atoms with Gasteiger partial charge in [-0.1, -0.05) is 5.92 Å². The molecule has 3 aromatic heterocycles. The zero-order valence-corrected chi connectivity index (χ0v) is 26.6. The van der Waals surface area contributed by atoms with Crippen LogP contribution in [0.4, 0.5) is 4.39 Å². The van der Waals surface area contributed by atoms with Crippen molar-refractivity contribution < 1.29 is 23.8 Å². The molecule has 1 aromatic carbocycles. The summed E-state index contributed by atoms with van der Waals surface area (Å²) in [5, 5.41) is 11.1. The molecule has 8 nitrogen and oxygen atoms in total. The van der Waals surface area contributed by atoms with E-state index in [0.29, 0.717) is 52.1 Å². The van der Waals surface area contributed by atoms with E-state index < -0.39 is 29.0 Å². The van der Waals surface area contributed by atoms with Gasteiger partial charge in [0.25, 0.3) is 0 Å². The zero-order chi connectivity index (χ0) is 32.1. The molecule has 9 heteroatoms. The van der Waals surface area contributed by atoms with Crippen molar-refractivity contribution in [3.05, 3.63) is 64.4 Å². The molecule has 0 aliphatic carbocycles. The first-order valence-electron chi connectivity index (χ1n) is 14.7. The van der Waals surface area contributed by atoms with Crippen LogP contribution in [0, 0.1) is 31.5 Å². The van der Waals surface area contributed by atoms with E-state index in [1.54, 1.807) is 33.9 Å². The fraction of sp³-hybridized carbons (Fsp3) is 0.400. The molecule has 0 fully saturated rings. The van der Waals surface area contributed by atoms with Crippen LogP contribution in [0.5, 0.6) is 5.75 Å². The number of fused-ring (bicyclic) bond motifs is 2. The van der Waals surface area contributed by atoms with E-state index in [-0.39, 0.29) is 5.75 Å². The number of aromatic nitrogens is 3. The number of carbonyl (C=O) groups is 1. The normalized spacial score (nSPS) is 14.0. The molecular formula is C35H39FN4O4. The fourth-order valence-corrected chi connectivity index (χ4v) is 5.73. The van der Waals surface area contributed by atoms with E-state index in [0.717, 1.165) is 28.8 Å². The van der Waals surface area contributed by atoms with Crippen LogP contribution in [-0.2, 0) is 23.0 Å². The average Bonchev–Trinajstić information content (AvgIpc) is 3.27. The third kappa shape index (κ3) is 6.05. The number of nitrogens with zero attached hydrogens (tertiary/aromatic N) is 3. The number of hydrogen-bond donors (Lipinski definition) is 2. The van der Waals surface area contributed by atoms with Crippen LogP contribution in [0.3, 0.4) is 0 Å². The van der Waals surface area contributed by atoms with Crippen LogP contribution in [0.2, 0.25) is 0 Å². The highest BCUT2D eigenvalue weighted by Gasteiger charge is 2.34. The van der Waals surface area contributed by atoms with Gasteiger partial charge in [0.05, 0.1) is 23.4 Å². The van der Waals surface area contributed by atoms with Crippen LogP contribution < -0.4 is 10.5 Å². The van der Waals surface area contributed by atoms with Gasteiger partial charge in [0.2, 0.25) is 0 Å². The van der Waals surface area contributed by atoms with Crippen molar-refractivity contribution in [3.8, 4) is 40.0 Å². The van der Waals surface area contributed by atoms with Gasteiger partial charge in [0.1, 0.15) is 11.3 Å². The number of halogens is 1. The van der Waals surface area contributed by atoms with Gasteiger partial charge in [0.15, 0.2) is 17.7 Å². The van der Waals surface area contributed by atoms with Crippen LogP contribution in [0.1, 0.15) is 75.2 Å². The van der Waals surface area contributed by atoms with E-state index in [9.17, 15) is 9.90 Å². The summed E-state index contributed by atoms with van der Waals surface area (Å²) in [5.74, 6) is 4.70. The number of aliphatic carboxylic acids is 1. The molecule has 4 heterocycles. The summed E-state index contributed by atoms with van der Waals surface area (Å²) in [4.78, 5) is 22.1. The van der Waals surface area contributed by atoms with Crippen molar-refractivity contribution in [3.63, 3.8) is 0 Å². The number of benzene rings is 1. The Morgan fingerprint density at radius 3 is 2.59 bits per heavy atom. The maximum atomic E-state index is 15.7. The molecule has 0 spiro atoms. The number of nitrogens with two attached hydrogens (primary N) is 1.